The zero-order valence-corrected chi connectivity index (χ0v) is 25.4. The maximum atomic E-state index is 13.3. The van der Waals surface area contributed by atoms with Crippen LogP contribution in [0.25, 0.3) is 17.2 Å². The number of carbonyl (C=O) groups is 3. The molecule has 0 saturated heterocycles. The van der Waals surface area contributed by atoms with Crippen molar-refractivity contribution in [2.75, 3.05) is 18.2 Å². The first-order valence-electron chi connectivity index (χ1n) is 14.5. The molecule has 1 aliphatic carbocycles. The summed E-state index contributed by atoms with van der Waals surface area (Å²) >= 11 is 1.45. The van der Waals surface area contributed by atoms with E-state index in [4.69, 9.17) is 4.74 Å². The third-order valence-electron chi connectivity index (χ3n) is 7.55. The summed E-state index contributed by atoms with van der Waals surface area (Å²) in [5.74, 6) is 0.194. The van der Waals surface area contributed by atoms with E-state index in [9.17, 15) is 14.4 Å². The van der Waals surface area contributed by atoms with Gasteiger partial charge in [0.1, 0.15) is 11.4 Å². The van der Waals surface area contributed by atoms with Crippen LogP contribution in [-0.2, 0) is 11.2 Å². The monoisotopic (exact) mass is 610 g/mol. The molecule has 2 N–H and O–H groups in total. The van der Waals surface area contributed by atoms with E-state index in [1.54, 1.807) is 73.8 Å². The molecule has 7 heteroatoms. The summed E-state index contributed by atoms with van der Waals surface area (Å²) in [6.07, 6.45) is 2.46. The lowest BCUT2D eigenvalue weighted by Crippen LogP contribution is -2.30. The molecule has 5 aromatic carbocycles. The van der Waals surface area contributed by atoms with Crippen molar-refractivity contribution in [2.45, 2.75) is 11.3 Å². The second-order valence-electron chi connectivity index (χ2n) is 10.5. The quantitative estimate of drug-likeness (QED) is 0.0946. The van der Waals surface area contributed by atoms with Crippen LogP contribution in [0.4, 0.5) is 5.69 Å². The fraction of sp³-hybridized carbons (Fsp3) is 0.0789. The lowest BCUT2D eigenvalue weighted by Gasteiger charge is -2.12. The van der Waals surface area contributed by atoms with Crippen molar-refractivity contribution in [1.82, 2.24) is 5.32 Å². The molecule has 0 aromatic heterocycles. The lowest BCUT2D eigenvalue weighted by atomic mass is 10.0. The van der Waals surface area contributed by atoms with Gasteiger partial charge in [0.2, 0.25) is 0 Å². The van der Waals surface area contributed by atoms with E-state index >= 15 is 0 Å². The smallest absolute Gasteiger partial charge is 0.272 e. The highest BCUT2D eigenvalue weighted by Gasteiger charge is 2.20. The molecule has 0 aliphatic heterocycles. The molecular weight excluding hydrogens is 580 g/mol. The number of anilines is 1. The summed E-state index contributed by atoms with van der Waals surface area (Å²) < 4.78 is 5.22. The van der Waals surface area contributed by atoms with Crippen molar-refractivity contribution in [3.05, 3.63) is 155 Å². The van der Waals surface area contributed by atoms with E-state index < -0.39 is 11.8 Å². The van der Waals surface area contributed by atoms with Gasteiger partial charge in [0.15, 0.2) is 5.78 Å². The Kier molecular flexibility index (Phi) is 8.89. The molecule has 0 unspecified atom stereocenters. The Morgan fingerprint density at radius 1 is 0.756 bits per heavy atom. The van der Waals surface area contributed by atoms with Crippen LogP contribution in [0.3, 0.4) is 0 Å². The summed E-state index contributed by atoms with van der Waals surface area (Å²) in [6, 6.07) is 37.5. The molecule has 0 atom stereocenters. The first kappa shape index (κ1) is 29.7. The summed E-state index contributed by atoms with van der Waals surface area (Å²) in [7, 11) is 1.58. The highest BCUT2D eigenvalue weighted by Crippen LogP contribution is 2.37. The molecule has 0 saturated carbocycles. The molecule has 0 spiro atoms. The van der Waals surface area contributed by atoms with Gasteiger partial charge in [-0.05, 0) is 94.9 Å². The van der Waals surface area contributed by atoms with Gasteiger partial charge in [-0.1, -0.05) is 66.7 Å². The number of amides is 2. The van der Waals surface area contributed by atoms with Crippen LogP contribution in [-0.4, -0.2) is 30.5 Å². The number of fused-ring (bicyclic) bond motifs is 3. The first-order chi connectivity index (χ1) is 22.0. The standard InChI is InChI=1S/C38H30N2O4S/c1-44-31-16-11-25(12-17-31)21-35(40-37(42)26-7-3-2-4-8-26)38(43)39-30-14-18-32(19-15-30)45-24-36(41)28-13-20-34-29(23-28)22-27-9-5-6-10-33(27)34/h2-21,23H,22,24H2,1H3,(H,39,43)(H,40,42)/b35-21-. The van der Waals surface area contributed by atoms with Crippen molar-refractivity contribution >= 4 is 41.1 Å². The summed E-state index contributed by atoms with van der Waals surface area (Å²) in [6.45, 7) is 0. The predicted molar refractivity (Wildman–Crippen MR) is 180 cm³/mol. The number of thioether (sulfide) groups is 1. The van der Waals surface area contributed by atoms with Gasteiger partial charge < -0.3 is 15.4 Å². The van der Waals surface area contributed by atoms with Gasteiger partial charge in [-0.2, -0.15) is 0 Å². The Morgan fingerprint density at radius 2 is 1.47 bits per heavy atom. The minimum Gasteiger partial charge on any atom is -0.497 e. The number of ether oxygens (including phenoxy) is 1. The number of ketones is 1. The van der Waals surface area contributed by atoms with E-state index in [1.165, 1.54) is 34.0 Å². The Bertz CT molecular complexity index is 1900. The SMILES string of the molecule is COc1ccc(/C=C(\NC(=O)c2ccccc2)C(=O)Nc2ccc(SCC(=O)c3ccc4c(c3)Cc3ccccc3-4)cc2)cc1. The van der Waals surface area contributed by atoms with Crippen molar-refractivity contribution in [2.24, 2.45) is 0 Å². The number of methoxy groups -OCH3 is 1. The highest BCUT2D eigenvalue weighted by molar-refractivity contribution is 8.00. The van der Waals surface area contributed by atoms with E-state index in [0.717, 1.165) is 16.9 Å². The molecule has 0 fully saturated rings. The Morgan fingerprint density at radius 3 is 2.22 bits per heavy atom. The third kappa shape index (κ3) is 7.06. The molecule has 6 nitrogen and oxygen atoms in total. The molecule has 0 radical (unpaired) electrons. The molecule has 0 heterocycles. The molecular formula is C38H30N2O4S. The largest absolute Gasteiger partial charge is 0.497 e. The minimum atomic E-state index is -0.468. The fourth-order valence-electron chi connectivity index (χ4n) is 5.19. The first-order valence-corrected chi connectivity index (χ1v) is 15.5. The van der Waals surface area contributed by atoms with Crippen molar-refractivity contribution < 1.29 is 19.1 Å². The molecule has 0 bridgehead atoms. The molecule has 2 amide bonds. The van der Waals surface area contributed by atoms with Gasteiger partial charge in [-0.15, -0.1) is 11.8 Å². The number of benzene rings is 5. The van der Waals surface area contributed by atoms with E-state index in [-0.39, 0.29) is 11.5 Å². The van der Waals surface area contributed by atoms with Gasteiger partial charge in [0.05, 0.1) is 12.9 Å². The average Bonchev–Trinajstić information content (AvgIpc) is 3.46. The molecule has 222 valence electrons. The predicted octanol–water partition coefficient (Wildman–Crippen LogP) is 7.65. The Hall–Kier alpha value is -5.40. The molecule has 45 heavy (non-hydrogen) atoms. The zero-order valence-electron chi connectivity index (χ0n) is 24.6. The van der Waals surface area contributed by atoms with Gasteiger partial charge in [0, 0.05) is 21.7 Å². The van der Waals surface area contributed by atoms with Crippen LogP contribution in [0.2, 0.25) is 0 Å². The lowest BCUT2D eigenvalue weighted by molar-refractivity contribution is -0.113. The van der Waals surface area contributed by atoms with Crippen LogP contribution >= 0.6 is 11.8 Å². The van der Waals surface area contributed by atoms with Gasteiger partial charge >= 0.3 is 0 Å². The maximum Gasteiger partial charge on any atom is 0.272 e. The minimum absolute atomic E-state index is 0.0682. The zero-order chi connectivity index (χ0) is 31.2. The normalized spacial score (nSPS) is 11.7. The van der Waals surface area contributed by atoms with Crippen molar-refractivity contribution in [3.63, 3.8) is 0 Å². The molecule has 1 aliphatic rings. The number of carbonyl (C=O) groups excluding carboxylic acids is 3. The van der Waals surface area contributed by atoms with Crippen LogP contribution in [0.15, 0.2) is 132 Å². The highest BCUT2D eigenvalue weighted by atomic mass is 32.2. The second-order valence-corrected chi connectivity index (χ2v) is 11.6. The topological polar surface area (TPSA) is 84.5 Å². The Balaban J connectivity index is 1.10. The average molecular weight is 611 g/mol. The van der Waals surface area contributed by atoms with E-state index in [0.29, 0.717) is 28.3 Å². The van der Waals surface area contributed by atoms with Crippen molar-refractivity contribution in [1.29, 1.82) is 0 Å². The van der Waals surface area contributed by atoms with Crippen molar-refractivity contribution in [3.8, 4) is 16.9 Å². The molecule has 5 aromatic rings. The van der Waals surface area contributed by atoms with Gasteiger partial charge in [-0.3, -0.25) is 14.4 Å². The molecule has 6 rings (SSSR count). The number of Topliss-reactive ketones (excluding diaryl/α,β-unsaturated/α-hetero) is 1. The Labute approximate surface area is 266 Å². The number of hydrogen-bond acceptors (Lipinski definition) is 5. The second kappa shape index (κ2) is 13.5. The summed E-state index contributed by atoms with van der Waals surface area (Å²) in [5.41, 5.74) is 7.45. The van der Waals surface area contributed by atoms with E-state index in [2.05, 4.69) is 28.8 Å². The van der Waals surface area contributed by atoms with Crippen LogP contribution in [0.1, 0.15) is 37.4 Å². The summed E-state index contributed by atoms with van der Waals surface area (Å²) in [5, 5.41) is 5.62. The summed E-state index contributed by atoms with van der Waals surface area (Å²) in [4.78, 5) is 40.2. The van der Waals surface area contributed by atoms with Crippen LogP contribution in [0, 0.1) is 0 Å². The van der Waals surface area contributed by atoms with Crippen LogP contribution in [0.5, 0.6) is 5.75 Å². The van der Waals surface area contributed by atoms with Crippen LogP contribution < -0.4 is 15.4 Å². The maximum absolute atomic E-state index is 13.3. The number of nitrogens with one attached hydrogen (secondary N) is 2. The fourth-order valence-corrected chi connectivity index (χ4v) is 5.99. The number of hydrogen-bond donors (Lipinski definition) is 2. The van der Waals surface area contributed by atoms with Gasteiger partial charge in [-0.25, -0.2) is 0 Å². The third-order valence-corrected chi connectivity index (χ3v) is 8.57. The van der Waals surface area contributed by atoms with E-state index in [1.807, 2.05) is 42.5 Å². The van der Waals surface area contributed by atoms with Gasteiger partial charge in [0.25, 0.3) is 11.8 Å². The number of rotatable bonds is 10.